The lowest BCUT2D eigenvalue weighted by Gasteiger charge is -2.35. The molecule has 0 N–H and O–H groups in total. The highest BCUT2D eigenvalue weighted by Crippen LogP contribution is 2.34. The SMILES string of the molecule is C[C@H]1CCC(OS(=O)(=O)C(F)(F)F)CO1.O=CN1CCc2ccccc2[C@@H]1c1ccc(F)cc1. The molecule has 0 aromatic heterocycles. The van der Waals surface area contributed by atoms with Crippen LogP contribution in [-0.2, 0) is 30.3 Å². The zero-order valence-corrected chi connectivity index (χ0v) is 19.2. The molecule has 186 valence electrons. The Kier molecular flexibility index (Phi) is 8.32. The van der Waals surface area contributed by atoms with E-state index >= 15 is 0 Å². The molecule has 0 spiro atoms. The third kappa shape index (κ3) is 6.34. The van der Waals surface area contributed by atoms with E-state index < -0.39 is 21.7 Å². The molecule has 1 fully saturated rings. The van der Waals surface area contributed by atoms with Gasteiger partial charge in [0.2, 0.25) is 6.41 Å². The number of halogens is 4. The van der Waals surface area contributed by atoms with Gasteiger partial charge in [-0.05, 0) is 55.0 Å². The normalized spacial score (nSPS) is 22.9. The summed E-state index contributed by atoms with van der Waals surface area (Å²) in [4.78, 5) is 13.0. The molecule has 1 amide bonds. The molecule has 3 atom stereocenters. The maximum Gasteiger partial charge on any atom is 0.523 e. The molecule has 0 radical (unpaired) electrons. The van der Waals surface area contributed by atoms with E-state index in [1.165, 1.54) is 17.7 Å². The third-order valence-corrected chi connectivity index (χ3v) is 6.74. The van der Waals surface area contributed by atoms with Crippen LogP contribution in [0.2, 0.25) is 0 Å². The lowest BCUT2D eigenvalue weighted by molar-refractivity contribution is -0.119. The molecule has 34 heavy (non-hydrogen) atoms. The van der Waals surface area contributed by atoms with Gasteiger partial charge in [0.1, 0.15) is 11.9 Å². The predicted octanol–water partition coefficient (Wildman–Crippen LogP) is 4.35. The molecule has 2 aliphatic rings. The summed E-state index contributed by atoms with van der Waals surface area (Å²) in [5, 5.41) is 0. The van der Waals surface area contributed by atoms with Crippen LogP contribution in [0.25, 0.3) is 0 Å². The Morgan fingerprint density at radius 1 is 1.09 bits per heavy atom. The van der Waals surface area contributed by atoms with Gasteiger partial charge in [-0.1, -0.05) is 36.4 Å². The van der Waals surface area contributed by atoms with E-state index in [4.69, 9.17) is 4.74 Å². The summed E-state index contributed by atoms with van der Waals surface area (Å²) in [5.74, 6) is -0.259. The second-order valence-corrected chi connectivity index (χ2v) is 9.65. The topological polar surface area (TPSA) is 72.9 Å². The first-order valence-corrected chi connectivity index (χ1v) is 12.1. The second-order valence-electron chi connectivity index (χ2n) is 8.09. The van der Waals surface area contributed by atoms with Gasteiger partial charge < -0.3 is 9.64 Å². The number of hydrogen-bond acceptors (Lipinski definition) is 5. The molecular formula is C23H25F4NO5S. The van der Waals surface area contributed by atoms with Crippen LogP contribution in [0.4, 0.5) is 17.6 Å². The fourth-order valence-corrected chi connectivity index (χ4v) is 4.50. The Hall–Kier alpha value is -2.50. The zero-order chi connectivity index (χ0) is 24.9. The highest BCUT2D eigenvalue weighted by Gasteiger charge is 2.48. The molecule has 2 aromatic rings. The van der Waals surface area contributed by atoms with Gasteiger partial charge in [-0.2, -0.15) is 21.6 Å². The number of carbonyl (C=O) groups is 1. The van der Waals surface area contributed by atoms with Gasteiger partial charge in [-0.15, -0.1) is 0 Å². The van der Waals surface area contributed by atoms with Crippen LogP contribution in [0.3, 0.4) is 0 Å². The van der Waals surface area contributed by atoms with Crippen molar-refractivity contribution < 1.29 is 39.7 Å². The van der Waals surface area contributed by atoms with Crippen molar-refractivity contribution in [3.63, 3.8) is 0 Å². The van der Waals surface area contributed by atoms with E-state index in [1.807, 2.05) is 18.2 Å². The number of nitrogens with zero attached hydrogens (tertiary/aromatic N) is 1. The smallest absolute Gasteiger partial charge is 0.376 e. The molecule has 0 bridgehead atoms. The van der Waals surface area contributed by atoms with E-state index in [1.54, 1.807) is 24.0 Å². The third-order valence-electron chi connectivity index (χ3n) is 5.65. The highest BCUT2D eigenvalue weighted by molar-refractivity contribution is 7.87. The van der Waals surface area contributed by atoms with Gasteiger partial charge in [0, 0.05) is 6.54 Å². The van der Waals surface area contributed by atoms with Crippen LogP contribution in [0, 0.1) is 5.82 Å². The van der Waals surface area contributed by atoms with E-state index in [0.717, 1.165) is 24.0 Å². The standard InChI is InChI=1S/C16H14FNO.C7H11F3O4S/c17-14-7-5-13(6-8-14)16-15-4-2-1-3-12(15)9-10-18(16)11-19;1-5-2-3-6(4-13-5)14-15(11,12)7(8,9)10/h1-8,11,16H,9-10H2;5-6H,2-4H2,1H3/t16-;5-,6?/m00/s1. The van der Waals surface area contributed by atoms with E-state index in [0.29, 0.717) is 13.0 Å². The zero-order valence-electron chi connectivity index (χ0n) is 18.4. The first-order valence-electron chi connectivity index (χ1n) is 10.7. The Balaban J connectivity index is 0.000000197. The van der Waals surface area contributed by atoms with Crippen molar-refractivity contribution in [2.24, 2.45) is 0 Å². The van der Waals surface area contributed by atoms with Gasteiger partial charge in [0.05, 0.1) is 18.8 Å². The number of fused-ring (bicyclic) bond motifs is 1. The Labute approximate surface area is 195 Å². The maximum absolute atomic E-state index is 13.0. The summed E-state index contributed by atoms with van der Waals surface area (Å²) in [6.07, 6.45) is 1.37. The molecule has 6 nitrogen and oxygen atoms in total. The summed E-state index contributed by atoms with van der Waals surface area (Å²) in [5.41, 5.74) is -2.03. The minimum Gasteiger partial charge on any atom is -0.376 e. The summed E-state index contributed by atoms with van der Waals surface area (Å²) in [7, 11) is -5.49. The quantitative estimate of drug-likeness (QED) is 0.269. The van der Waals surface area contributed by atoms with Crippen molar-refractivity contribution in [1.29, 1.82) is 0 Å². The average molecular weight is 504 g/mol. The van der Waals surface area contributed by atoms with Gasteiger partial charge >= 0.3 is 15.6 Å². The predicted molar refractivity (Wildman–Crippen MR) is 116 cm³/mol. The van der Waals surface area contributed by atoms with Gasteiger partial charge in [0.25, 0.3) is 0 Å². The number of ether oxygens (including phenoxy) is 1. The monoisotopic (exact) mass is 503 g/mol. The Morgan fingerprint density at radius 3 is 2.35 bits per heavy atom. The van der Waals surface area contributed by atoms with Crippen molar-refractivity contribution in [3.05, 3.63) is 71.0 Å². The Morgan fingerprint density at radius 2 is 1.76 bits per heavy atom. The number of rotatable bonds is 4. The first-order chi connectivity index (χ1) is 16.0. The van der Waals surface area contributed by atoms with Crippen molar-refractivity contribution in [1.82, 2.24) is 4.90 Å². The molecule has 2 aromatic carbocycles. The number of carbonyl (C=O) groups excluding carboxylic acids is 1. The van der Waals surface area contributed by atoms with Gasteiger partial charge in [0.15, 0.2) is 0 Å². The van der Waals surface area contributed by atoms with Crippen LogP contribution in [-0.4, -0.2) is 50.6 Å². The summed E-state index contributed by atoms with van der Waals surface area (Å²) in [6, 6.07) is 14.4. The molecule has 0 saturated carbocycles. The van der Waals surface area contributed by atoms with E-state index in [2.05, 4.69) is 10.2 Å². The van der Waals surface area contributed by atoms with E-state index in [-0.39, 0.29) is 31.0 Å². The fraction of sp³-hybridized carbons (Fsp3) is 0.435. The first kappa shape index (κ1) is 26.1. The minimum atomic E-state index is -5.49. The molecule has 2 aliphatic heterocycles. The van der Waals surface area contributed by atoms with Crippen molar-refractivity contribution >= 4 is 16.5 Å². The van der Waals surface area contributed by atoms with Crippen LogP contribution >= 0.6 is 0 Å². The number of alkyl halides is 3. The van der Waals surface area contributed by atoms with Crippen LogP contribution < -0.4 is 0 Å². The van der Waals surface area contributed by atoms with Crippen LogP contribution in [0.5, 0.6) is 0 Å². The molecule has 11 heteroatoms. The maximum atomic E-state index is 13.0. The lowest BCUT2D eigenvalue weighted by Crippen LogP contribution is -2.36. The van der Waals surface area contributed by atoms with Crippen molar-refractivity contribution in [3.8, 4) is 0 Å². The number of benzene rings is 2. The van der Waals surface area contributed by atoms with Crippen LogP contribution in [0.1, 0.15) is 42.5 Å². The highest BCUT2D eigenvalue weighted by atomic mass is 32.2. The molecule has 2 heterocycles. The lowest BCUT2D eigenvalue weighted by atomic mass is 9.88. The van der Waals surface area contributed by atoms with Crippen LogP contribution in [0.15, 0.2) is 48.5 Å². The molecule has 1 unspecified atom stereocenters. The van der Waals surface area contributed by atoms with Gasteiger partial charge in [-0.25, -0.2) is 4.39 Å². The summed E-state index contributed by atoms with van der Waals surface area (Å²) >= 11 is 0. The second kappa shape index (κ2) is 10.8. The molecule has 1 saturated heterocycles. The molecule has 0 aliphatic carbocycles. The number of hydrogen-bond donors (Lipinski definition) is 0. The largest absolute Gasteiger partial charge is 0.523 e. The average Bonchev–Trinajstić information content (AvgIpc) is 2.80. The summed E-state index contributed by atoms with van der Waals surface area (Å²) in [6.45, 7) is 2.33. The van der Waals surface area contributed by atoms with Gasteiger partial charge in [-0.3, -0.25) is 8.98 Å². The molecule has 4 rings (SSSR count). The summed E-state index contributed by atoms with van der Waals surface area (Å²) < 4.78 is 79.0. The number of amides is 1. The Bertz CT molecular complexity index is 1070. The van der Waals surface area contributed by atoms with Crippen molar-refractivity contribution in [2.75, 3.05) is 13.2 Å². The van der Waals surface area contributed by atoms with E-state index in [9.17, 15) is 30.8 Å². The fourth-order valence-electron chi connectivity index (χ4n) is 3.88. The van der Waals surface area contributed by atoms with Crippen molar-refractivity contribution in [2.45, 2.75) is 49.9 Å². The molecular weight excluding hydrogens is 478 g/mol. The minimum absolute atomic E-state index is 0.0709.